The van der Waals surface area contributed by atoms with E-state index in [4.69, 9.17) is 9.47 Å². The van der Waals surface area contributed by atoms with Crippen molar-refractivity contribution in [2.75, 3.05) is 13.2 Å². The molecule has 3 rings (SSSR count). The molecule has 36 heavy (non-hydrogen) atoms. The monoisotopic (exact) mass is 496 g/mol. The summed E-state index contributed by atoms with van der Waals surface area (Å²) in [6.07, 6.45) is -1.05. The highest BCUT2D eigenvalue weighted by Crippen LogP contribution is 2.44. The minimum absolute atomic E-state index is 0.0269. The van der Waals surface area contributed by atoms with Crippen molar-refractivity contribution in [3.05, 3.63) is 59.7 Å². The lowest BCUT2D eigenvalue weighted by Gasteiger charge is -2.20. The first kappa shape index (κ1) is 26.7. The van der Waals surface area contributed by atoms with Gasteiger partial charge in [-0.15, -0.1) is 0 Å². The second kappa shape index (κ2) is 11.7. The molecule has 0 saturated heterocycles. The van der Waals surface area contributed by atoms with Gasteiger partial charge in [-0.1, -0.05) is 48.5 Å². The Morgan fingerprint density at radius 2 is 1.53 bits per heavy atom. The maximum atomic E-state index is 12.2. The molecule has 0 radical (unpaired) electrons. The predicted octanol–water partition coefficient (Wildman–Crippen LogP) is 3.61. The number of nitrogens with one attached hydrogen (secondary N) is 2. The molecule has 1 atom stereocenters. The van der Waals surface area contributed by atoms with E-state index < -0.39 is 35.6 Å². The summed E-state index contributed by atoms with van der Waals surface area (Å²) in [5.74, 6) is -2.44. The minimum atomic E-state index is -1.25. The van der Waals surface area contributed by atoms with Crippen molar-refractivity contribution in [2.45, 2.75) is 57.6 Å². The molecule has 1 aliphatic rings. The fourth-order valence-corrected chi connectivity index (χ4v) is 4.11. The van der Waals surface area contributed by atoms with Crippen LogP contribution < -0.4 is 10.6 Å². The first-order chi connectivity index (χ1) is 17.0. The van der Waals surface area contributed by atoms with E-state index in [0.29, 0.717) is 0 Å². The fraction of sp³-hybridized carbons (Fsp3) is 0.407. The molecule has 9 heteroatoms. The number of benzene rings is 2. The Morgan fingerprint density at radius 3 is 2.08 bits per heavy atom. The highest BCUT2D eigenvalue weighted by Gasteiger charge is 2.29. The third-order valence-electron chi connectivity index (χ3n) is 5.66. The van der Waals surface area contributed by atoms with Gasteiger partial charge >= 0.3 is 18.0 Å². The summed E-state index contributed by atoms with van der Waals surface area (Å²) in [4.78, 5) is 47.7. The van der Waals surface area contributed by atoms with Crippen LogP contribution in [0.2, 0.25) is 0 Å². The molecule has 3 N–H and O–H groups in total. The minimum Gasteiger partial charge on any atom is -0.480 e. The molecule has 9 nitrogen and oxygen atoms in total. The number of fused-ring (bicyclic) bond motifs is 3. The van der Waals surface area contributed by atoms with Crippen LogP contribution in [0.15, 0.2) is 48.5 Å². The third kappa shape index (κ3) is 7.31. The number of amides is 2. The topological polar surface area (TPSA) is 131 Å². The van der Waals surface area contributed by atoms with Crippen LogP contribution in [0.3, 0.4) is 0 Å². The summed E-state index contributed by atoms with van der Waals surface area (Å²) in [5, 5.41) is 14.2. The van der Waals surface area contributed by atoms with Gasteiger partial charge in [0.2, 0.25) is 5.91 Å². The molecule has 0 spiro atoms. The molecular formula is C27H32N2O7. The van der Waals surface area contributed by atoms with Crippen molar-refractivity contribution in [3.63, 3.8) is 0 Å². The number of carboxylic acid groups (broad SMARTS) is 1. The van der Waals surface area contributed by atoms with Gasteiger partial charge in [0, 0.05) is 25.3 Å². The smallest absolute Gasteiger partial charge is 0.407 e. The molecule has 192 valence electrons. The van der Waals surface area contributed by atoms with Gasteiger partial charge in [0.05, 0.1) is 0 Å². The number of carbonyl (C=O) groups excluding carboxylic acids is 3. The zero-order valence-corrected chi connectivity index (χ0v) is 20.7. The predicted molar refractivity (Wildman–Crippen MR) is 132 cm³/mol. The molecule has 2 aromatic rings. The third-order valence-corrected chi connectivity index (χ3v) is 5.66. The first-order valence-electron chi connectivity index (χ1n) is 11.9. The van der Waals surface area contributed by atoms with E-state index in [2.05, 4.69) is 10.6 Å². The number of carboxylic acids is 1. The number of hydrogen-bond acceptors (Lipinski definition) is 6. The van der Waals surface area contributed by atoms with E-state index in [1.54, 1.807) is 20.8 Å². The van der Waals surface area contributed by atoms with Gasteiger partial charge in [-0.25, -0.2) is 9.59 Å². The maximum absolute atomic E-state index is 12.2. The van der Waals surface area contributed by atoms with Gasteiger partial charge in [0.25, 0.3) is 0 Å². The van der Waals surface area contributed by atoms with Crippen LogP contribution in [0.4, 0.5) is 4.79 Å². The number of esters is 1. The summed E-state index contributed by atoms with van der Waals surface area (Å²) in [5.41, 5.74) is 3.76. The van der Waals surface area contributed by atoms with E-state index in [-0.39, 0.29) is 38.3 Å². The SMILES string of the molecule is CC(C)(C)OC(=O)CC[C@H](NC(=O)CCNC(=O)OCC1c2ccccc2-c2ccccc21)C(=O)O. The zero-order valence-electron chi connectivity index (χ0n) is 20.7. The Labute approximate surface area is 210 Å². The highest BCUT2D eigenvalue weighted by molar-refractivity contribution is 5.84. The average Bonchev–Trinajstić information content (AvgIpc) is 3.13. The van der Waals surface area contributed by atoms with Gasteiger partial charge in [-0.2, -0.15) is 0 Å². The Hall–Kier alpha value is -3.88. The largest absolute Gasteiger partial charge is 0.480 e. The van der Waals surface area contributed by atoms with E-state index in [0.717, 1.165) is 22.3 Å². The van der Waals surface area contributed by atoms with Gasteiger partial charge in [0.15, 0.2) is 0 Å². The number of carbonyl (C=O) groups is 4. The number of aliphatic carboxylic acids is 1. The molecular weight excluding hydrogens is 464 g/mol. The fourth-order valence-electron chi connectivity index (χ4n) is 4.11. The van der Waals surface area contributed by atoms with Crippen molar-refractivity contribution >= 4 is 23.9 Å². The normalized spacial score (nSPS) is 13.2. The van der Waals surface area contributed by atoms with Crippen LogP contribution in [0.1, 0.15) is 57.1 Å². The van der Waals surface area contributed by atoms with Crippen molar-refractivity contribution in [1.82, 2.24) is 10.6 Å². The van der Waals surface area contributed by atoms with Crippen molar-refractivity contribution < 1.29 is 33.8 Å². The highest BCUT2D eigenvalue weighted by atomic mass is 16.6. The second-order valence-electron chi connectivity index (χ2n) is 9.59. The van der Waals surface area contributed by atoms with E-state index in [9.17, 15) is 24.3 Å². The number of alkyl carbamates (subject to hydrolysis) is 1. The molecule has 2 aromatic carbocycles. The summed E-state index contributed by atoms with van der Waals surface area (Å²) < 4.78 is 10.6. The Bertz CT molecular complexity index is 1080. The number of rotatable bonds is 10. The van der Waals surface area contributed by atoms with Crippen LogP contribution in [0, 0.1) is 0 Å². The lowest BCUT2D eigenvalue weighted by Crippen LogP contribution is -2.42. The molecule has 0 heterocycles. The molecule has 0 aliphatic heterocycles. The van der Waals surface area contributed by atoms with Crippen molar-refractivity contribution in [1.29, 1.82) is 0 Å². The Morgan fingerprint density at radius 1 is 0.944 bits per heavy atom. The Balaban J connectivity index is 1.42. The standard InChI is InChI=1S/C27H32N2O7/c1-27(2,3)36-24(31)13-12-22(25(32)33)29-23(30)14-15-28-26(34)35-16-21-19-10-6-4-8-17(19)18-9-5-7-11-20(18)21/h4-11,21-22H,12-16H2,1-3H3,(H,28,34)(H,29,30)(H,32,33)/t22-/m0/s1. The summed E-state index contributed by atoms with van der Waals surface area (Å²) in [7, 11) is 0. The van der Waals surface area contributed by atoms with E-state index >= 15 is 0 Å². The maximum Gasteiger partial charge on any atom is 0.407 e. The van der Waals surface area contributed by atoms with Gasteiger partial charge in [-0.3, -0.25) is 9.59 Å². The zero-order chi connectivity index (χ0) is 26.3. The van der Waals surface area contributed by atoms with Crippen LogP contribution in [0.5, 0.6) is 0 Å². The average molecular weight is 497 g/mol. The van der Waals surface area contributed by atoms with Gasteiger partial charge < -0.3 is 25.2 Å². The van der Waals surface area contributed by atoms with Gasteiger partial charge in [-0.05, 0) is 49.4 Å². The van der Waals surface area contributed by atoms with Crippen LogP contribution >= 0.6 is 0 Å². The quantitative estimate of drug-likeness (QED) is 0.428. The molecule has 0 saturated carbocycles. The first-order valence-corrected chi connectivity index (χ1v) is 11.9. The lowest BCUT2D eigenvalue weighted by molar-refractivity contribution is -0.155. The van der Waals surface area contributed by atoms with Crippen molar-refractivity contribution in [3.8, 4) is 11.1 Å². The van der Waals surface area contributed by atoms with E-state index in [1.807, 2.05) is 48.5 Å². The second-order valence-corrected chi connectivity index (χ2v) is 9.59. The lowest BCUT2D eigenvalue weighted by atomic mass is 9.98. The van der Waals surface area contributed by atoms with Crippen LogP contribution in [-0.4, -0.2) is 53.8 Å². The van der Waals surface area contributed by atoms with Crippen LogP contribution in [-0.2, 0) is 23.9 Å². The molecule has 0 fully saturated rings. The molecule has 2 amide bonds. The van der Waals surface area contributed by atoms with Crippen LogP contribution in [0.25, 0.3) is 11.1 Å². The number of hydrogen-bond donors (Lipinski definition) is 3. The molecule has 1 aliphatic carbocycles. The molecule has 0 unspecified atom stereocenters. The molecule has 0 aromatic heterocycles. The Kier molecular flexibility index (Phi) is 8.68. The summed E-state index contributed by atoms with van der Waals surface area (Å²) >= 11 is 0. The van der Waals surface area contributed by atoms with Crippen molar-refractivity contribution in [2.24, 2.45) is 0 Å². The van der Waals surface area contributed by atoms with E-state index in [1.165, 1.54) is 0 Å². The number of ether oxygens (including phenoxy) is 2. The summed E-state index contributed by atoms with van der Waals surface area (Å²) in [6, 6.07) is 14.8. The summed E-state index contributed by atoms with van der Waals surface area (Å²) in [6.45, 7) is 5.26. The molecule has 0 bridgehead atoms. The van der Waals surface area contributed by atoms with Gasteiger partial charge in [0.1, 0.15) is 18.2 Å².